The van der Waals surface area contributed by atoms with Crippen LogP contribution in [0.1, 0.15) is 19.3 Å². The molecule has 11 nitrogen and oxygen atoms in total. The van der Waals surface area contributed by atoms with Crippen LogP contribution < -0.4 is 21.5 Å². The Kier molecular flexibility index (Phi) is 5.13. The lowest BCUT2D eigenvalue weighted by Crippen LogP contribution is -2.35. The van der Waals surface area contributed by atoms with E-state index in [0.717, 1.165) is 32.4 Å². The first-order chi connectivity index (χ1) is 15.6. The van der Waals surface area contributed by atoms with Gasteiger partial charge in [0, 0.05) is 25.8 Å². The summed E-state index contributed by atoms with van der Waals surface area (Å²) in [6.07, 6.45) is 6.55. The summed E-state index contributed by atoms with van der Waals surface area (Å²) in [5, 5.41) is 9.92. The van der Waals surface area contributed by atoms with Gasteiger partial charge in [0.2, 0.25) is 5.95 Å². The third-order valence-electron chi connectivity index (χ3n) is 5.80. The highest BCUT2D eigenvalue weighted by Gasteiger charge is 2.22. The summed E-state index contributed by atoms with van der Waals surface area (Å²) in [5.74, 6) is 1.56. The minimum atomic E-state index is -0.370. The summed E-state index contributed by atoms with van der Waals surface area (Å²) in [5.41, 5.74) is 1.87. The molecule has 0 spiro atoms. The number of aromatic amines is 3. The SMILES string of the molecule is C/N=C\CC1CCN(c2nc(Nc3ccc4[nH]c(=O)[nH]c4c3)c3c(=O)[nH]ncc3n2)CC1. The van der Waals surface area contributed by atoms with Crippen molar-refractivity contribution in [2.24, 2.45) is 10.9 Å². The summed E-state index contributed by atoms with van der Waals surface area (Å²) in [6, 6.07) is 5.39. The smallest absolute Gasteiger partial charge is 0.323 e. The van der Waals surface area contributed by atoms with E-state index in [9.17, 15) is 9.59 Å². The minimum absolute atomic E-state index is 0.275. The van der Waals surface area contributed by atoms with Crippen LogP contribution in [0.2, 0.25) is 0 Å². The molecule has 1 saturated heterocycles. The molecule has 0 atom stereocenters. The Morgan fingerprint density at radius 2 is 2.00 bits per heavy atom. The molecule has 1 aromatic carbocycles. The van der Waals surface area contributed by atoms with E-state index in [1.165, 1.54) is 6.20 Å². The van der Waals surface area contributed by atoms with Crippen molar-refractivity contribution in [3.05, 3.63) is 45.2 Å². The van der Waals surface area contributed by atoms with Crippen LogP contribution in [0.5, 0.6) is 0 Å². The van der Waals surface area contributed by atoms with E-state index in [-0.39, 0.29) is 11.2 Å². The van der Waals surface area contributed by atoms with Gasteiger partial charge in [-0.05, 0) is 49.6 Å². The number of aliphatic imine (C=N–C) groups is 1. The number of anilines is 3. The van der Waals surface area contributed by atoms with E-state index in [4.69, 9.17) is 4.98 Å². The maximum absolute atomic E-state index is 12.5. The van der Waals surface area contributed by atoms with E-state index in [1.807, 2.05) is 12.3 Å². The van der Waals surface area contributed by atoms with Crippen molar-refractivity contribution in [1.82, 2.24) is 30.1 Å². The van der Waals surface area contributed by atoms with E-state index >= 15 is 0 Å². The second-order valence-electron chi connectivity index (χ2n) is 7.90. The van der Waals surface area contributed by atoms with Crippen LogP contribution in [-0.4, -0.2) is 56.5 Å². The summed E-state index contributed by atoms with van der Waals surface area (Å²) in [6.45, 7) is 1.67. The monoisotopic (exact) mass is 433 g/mol. The maximum Gasteiger partial charge on any atom is 0.323 e. The van der Waals surface area contributed by atoms with Crippen LogP contribution in [0.15, 0.2) is 39.0 Å². The van der Waals surface area contributed by atoms with Gasteiger partial charge in [-0.1, -0.05) is 0 Å². The van der Waals surface area contributed by atoms with Gasteiger partial charge in [-0.25, -0.2) is 14.9 Å². The number of imidazole rings is 1. The first-order valence-corrected chi connectivity index (χ1v) is 10.5. The number of benzene rings is 1. The fraction of sp³-hybridized carbons (Fsp3) is 0.333. The van der Waals surface area contributed by atoms with Crippen molar-refractivity contribution in [1.29, 1.82) is 0 Å². The molecule has 164 valence electrons. The molecule has 3 aromatic heterocycles. The highest BCUT2D eigenvalue weighted by Crippen LogP contribution is 2.27. The van der Waals surface area contributed by atoms with Gasteiger partial charge in [0.15, 0.2) is 0 Å². The lowest BCUT2D eigenvalue weighted by molar-refractivity contribution is 0.416. The Morgan fingerprint density at radius 1 is 1.19 bits per heavy atom. The van der Waals surface area contributed by atoms with Gasteiger partial charge < -0.3 is 25.2 Å². The highest BCUT2D eigenvalue weighted by molar-refractivity contribution is 5.91. The minimum Gasteiger partial charge on any atom is -0.341 e. The summed E-state index contributed by atoms with van der Waals surface area (Å²) in [7, 11) is 1.80. The second-order valence-corrected chi connectivity index (χ2v) is 7.90. The van der Waals surface area contributed by atoms with Crippen molar-refractivity contribution >= 4 is 45.6 Å². The zero-order chi connectivity index (χ0) is 22.1. The number of H-pyrrole nitrogens is 3. The molecule has 1 fully saturated rings. The van der Waals surface area contributed by atoms with Crippen LogP contribution in [-0.2, 0) is 0 Å². The average Bonchev–Trinajstić information content (AvgIpc) is 3.17. The largest absolute Gasteiger partial charge is 0.341 e. The lowest BCUT2D eigenvalue weighted by atomic mass is 9.94. The van der Waals surface area contributed by atoms with E-state index in [2.05, 4.69) is 40.4 Å². The normalized spacial score (nSPS) is 15.2. The standard InChI is InChI=1S/C21H23N9O2/c1-22-7-4-12-5-8-30(9-6-12)20-25-16-11-23-29-19(31)17(16)18(28-20)24-13-2-3-14-15(10-13)27-21(32)26-14/h2-3,7,10-12H,4-6,8-9H2,1H3,(H,29,31)(H,24,25,28)(H2,26,27,32)/b22-7-. The van der Waals surface area contributed by atoms with Crippen LogP contribution in [0.4, 0.5) is 17.5 Å². The van der Waals surface area contributed by atoms with E-state index in [1.54, 1.807) is 19.2 Å². The summed E-state index contributed by atoms with van der Waals surface area (Å²) >= 11 is 0. The zero-order valence-corrected chi connectivity index (χ0v) is 17.6. The van der Waals surface area contributed by atoms with Crippen LogP contribution in [0, 0.1) is 5.92 Å². The molecule has 1 aliphatic heterocycles. The molecule has 4 aromatic rings. The molecule has 0 bridgehead atoms. The summed E-state index contributed by atoms with van der Waals surface area (Å²) < 4.78 is 0. The van der Waals surface area contributed by atoms with Crippen LogP contribution >= 0.6 is 0 Å². The van der Waals surface area contributed by atoms with E-state index < -0.39 is 0 Å². The van der Waals surface area contributed by atoms with Crippen LogP contribution in [0.3, 0.4) is 0 Å². The molecule has 5 rings (SSSR count). The third-order valence-corrected chi connectivity index (χ3v) is 5.80. The molecule has 0 aliphatic carbocycles. The van der Waals surface area contributed by atoms with Crippen molar-refractivity contribution < 1.29 is 0 Å². The first kappa shape index (κ1) is 19.9. The Bertz CT molecular complexity index is 1410. The number of fused-ring (bicyclic) bond motifs is 2. The number of piperidine rings is 1. The molecular weight excluding hydrogens is 410 g/mol. The molecule has 0 unspecified atom stereocenters. The van der Waals surface area contributed by atoms with Gasteiger partial charge in [0.25, 0.3) is 5.56 Å². The number of nitrogens with one attached hydrogen (secondary N) is 4. The molecule has 11 heteroatoms. The average molecular weight is 433 g/mol. The number of hydrogen-bond donors (Lipinski definition) is 4. The van der Waals surface area contributed by atoms with Gasteiger partial charge in [0.05, 0.1) is 17.2 Å². The van der Waals surface area contributed by atoms with Gasteiger partial charge in [0.1, 0.15) is 16.7 Å². The molecule has 4 heterocycles. The maximum atomic E-state index is 12.5. The number of hydrogen-bond acceptors (Lipinski definition) is 8. The topological polar surface area (TPSA) is 148 Å². The molecule has 0 radical (unpaired) electrons. The Labute approximate surface area is 182 Å². The zero-order valence-electron chi connectivity index (χ0n) is 17.6. The molecule has 4 N–H and O–H groups in total. The Balaban J connectivity index is 1.49. The highest BCUT2D eigenvalue weighted by atomic mass is 16.1. The third kappa shape index (κ3) is 3.84. The second kappa shape index (κ2) is 8.25. The predicted molar refractivity (Wildman–Crippen MR) is 124 cm³/mol. The van der Waals surface area contributed by atoms with Gasteiger partial charge >= 0.3 is 5.69 Å². The molecule has 0 amide bonds. The van der Waals surface area contributed by atoms with Gasteiger partial charge in [-0.15, -0.1) is 0 Å². The van der Waals surface area contributed by atoms with Crippen molar-refractivity contribution in [2.75, 3.05) is 30.4 Å². The summed E-state index contributed by atoms with van der Waals surface area (Å²) in [4.78, 5) is 45.1. The van der Waals surface area contributed by atoms with Crippen LogP contribution in [0.25, 0.3) is 21.9 Å². The predicted octanol–water partition coefficient (Wildman–Crippen LogP) is 1.93. The van der Waals surface area contributed by atoms with E-state index in [0.29, 0.717) is 45.3 Å². The van der Waals surface area contributed by atoms with Crippen molar-refractivity contribution in [3.8, 4) is 0 Å². The van der Waals surface area contributed by atoms with Crippen molar-refractivity contribution in [2.45, 2.75) is 19.3 Å². The quantitative estimate of drug-likeness (QED) is 0.352. The Morgan fingerprint density at radius 3 is 2.81 bits per heavy atom. The molecule has 0 saturated carbocycles. The Hall–Kier alpha value is -4.02. The fourth-order valence-corrected chi connectivity index (χ4v) is 4.09. The lowest BCUT2D eigenvalue weighted by Gasteiger charge is -2.31. The number of nitrogens with zero attached hydrogens (tertiary/aromatic N) is 5. The molecule has 32 heavy (non-hydrogen) atoms. The van der Waals surface area contributed by atoms with Gasteiger partial charge in [-0.2, -0.15) is 10.1 Å². The van der Waals surface area contributed by atoms with Crippen molar-refractivity contribution in [3.63, 3.8) is 0 Å². The number of aromatic nitrogens is 6. The fourth-order valence-electron chi connectivity index (χ4n) is 4.09. The number of rotatable bonds is 5. The van der Waals surface area contributed by atoms with Gasteiger partial charge in [-0.3, -0.25) is 4.79 Å². The first-order valence-electron chi connectivity index (χ1n) is 10.5. The molecular formula is C21H23N9O2. The molecule has 1 aliphatic rings.